The zero-order valence-electron chi connectivity index (χ0n) is 22.4. The summed E-state index contributed by atoms with van der Waals surface area (Å²) in [6.45, 7) is 0. The van der Waals surface area contributed by atoms with Crippen LogP contribution in [-0.2, 0) is 19.5 Å². The summed E-state index contributed by atoms with van der Waals surface area (Å²) >= 11 is 0. The Morgan fingerprint density at radius 1 is 0.415 bits per heavy atom. The van der Waals surface area contributed by atoms with E-state index in [1.165, 1.54) is 0 Å². The van der Waals surface area contributed by atoms with Gasteiger partial charge in [0.15, 0.2) is 0 Å². The van der Waals surface area contributed by atoms with Crippen molar-refractivity contribution in [1.29, 1.82) is 0 Å². The van der Waals surface area contributed by atoms with Crippen molar-refractivity contribution in [2.24, 2.45) is 9.98 Å². The average molecular weight is 584 g/mol. The Morgan fingerprint density at radius 2 is 0.756 bits per heavy atom. The molecule has 0 aliphatic carbocycles. The molecule has 0 spiro atoms. The Labute approximate surface area is 251 Å². The van der Waals surface area contributed by atoms with Gasteiger partial charge in [-0.05, 0) is 47.2 Å². The Morgan fingerprint density at radius 3 is 1.15 bits per heavy atom. The standard InChI is InChI=1S/C36H26N2O2.Zn/c39-33-21-11-9-19-29(33)35(25-13-3-1-4-14-25)37-31-23-27-17-7-8-18-28(27)24-32(31)38-36(26-15-5-2-6-16-26)30-20-10-12-22-34(30)40;/h1-24,39-40H;. The van der Waals surface area contributed by atoms with Crippen LogP contribution in [0.5, 0.6) is 11.5 Å². The Hall–Kier alpha value is -4.86. The summed E-state index contributed by atoms with van der Waals surface area (Å²) < 4.78 is 0. The van der Waals surface area contributed by atoms with E-state index in [1.54, 1.807) is 24.3 Å². The van der Waals surface area contributed by atoms with Crippen LogP contribution in [0.3, 0.4) is 0 Å². The number of phenols is 2. The van der Waals surface area contributed by atoms with Crippen LogP contribution in [-0.4, -0.2) is 21.6 Å². The van der Waals surface area contributed by atoms with Crippen LogP contribution in [0.4, 0.5) is 11.4 Å². The number of aliphatic imine (C=N–C) groups is 2. The topological polar surface area (TPSA) is 65.2 Å². The minimum absolute atomic E-state index is 0. The van der Waals surface area contributed by atoms with Crippen molar-refractivity contribution < 1.29 is 29.7 Å². The second-order valence-electron chi connectivity index (χ2n) is 9.38. The van der Waals surface area contributed by atoms with E-state index in [0.717, 1.165) is 21.9 Å². The molecule has 5 heteroatoms. The van der Waals surface area contributed by atoms with Gasteiger partial charge in [-0.2, -0.15) is 0 Å². The molecule has 6 aromatic carbocycles. The van der Waals surface area contributed by atoms with Crippen molar-refractivity contribution in [3.63, 3.8) is 0 Å². The molecule has 0 saturated heterocycles. The monoisotopic (exact) mass is 582 g/mol. The van der Waals surface area contributed by atoms with E-state index in [4.69, 9.17) is 9.98 Å². The number of para-hydroxylation sites is 2. The number of fused-ring (bicyclic) bond motifs is 1. The van der Waals surface area contributed by atoms with E-state index in [1.807, 2.05) is 121 Å². The van der Waals surface area contributed by atoms with Gasteiger partial charge in [0.25, 0.3) is 0 Å². The summed E-state index contributed by atoms with van der Waals surface area (Å²) in [4.78, 5) is 10.3. The molecule has 0 atom stereocenters. The largest absolute Gasteiger partial charge is 0.507 e. The normalized spacial score (nSPS) is 11.7. The van der Waals surface area contributed by atoms with Crippen molar-refractivity contribution >= 4 is 33.6 Å². The average Bonchev–Trinajstić information content (AvgIpc) is 3.00. The molecule has 4 nitrogen and oxygen atoms in total. The third-order valence-electron chi connectivity index (χ3n) is 6.72. The zero-order chi connectivity index (χ0) is 27.3. The Balaban J connectivity index is 0.00000337. The maximum Gasteiger partial charge on any atom is 0.124 e. The summed E-state index contributed by atoms with van der Waals surface area (Å²) in [7, 11) is 0. The first kappa shape index (κ1) is 27.7. The molecular formula is C36H26N2O2Zn. The van der Waals surface area contributed by atoms with Gasteiger partial charge >= 0.3 is 0 Å². The predicted molar refractivity (Wildman–Crippen MR) is 164 cm³/mol. The molecule has 0 aromatic heterocycles. The van der Waals surface area contributed by atoms with Crippen LogP contribution in [0.2, 0.25) is 0 Å². The van der Waals surface area contributed by atoms with Crippen LogP contribution >= 0.6 is 0 Å². The summed E-state index contributed by atoms with van der Waals surface area (Å²) in [5.74, 6) is 0.297. The van der Waals surface area contributed by atoms with Crippen LogP contribution < -0.4 is 0 Å². The van der Waals surface area contributed by atoms with Gasteiger partial charge in [-0.3, -0.25) is 0 Å². The smallest absolute Gasteiger partial charge is 0.124 e. The SMILES string of the molecule is Oc1ccccc1C(=Nc1cc2ccccc2cc1N=C(c1ccccc1)c1ccccc1O)c1ccccc1.[Zn]. The predicted octanol–water partition coefficient (Wildman–Crippen LogP) is 8.59. The quantitative estimate of drug-likeness (QED) is 0.152. The molecule has 0 saturated carbocycles. The molecule has 0 bridgehead atoms. The molecule has 0 aliphatic heterocycles. The van der Waals surface area contributed by atoms with Crippen LogP contribution in [0.25, 0.3) is 10.8 Å². The molecular weight excluding hydrogens is 558 g/mol. The van der Waals surface area contributed by atoms with Crippen molar-refractivity contribution in [1.82, 2.24) is 0 Å². The number of hydrogen-bond acceptors (Lipinski definition) is 4. The van der Waals surface area contributed by atoms with Gasteiger partial charge in [0.1, 0.15) is 11.5 Å². The van der Waals surface area contributed by atoms with Gasteiger partial charge in [0, 0.05) is 41.7 Å². The first-order valence-corrected chi connectivity index (χ1v) is 13.0. The van der Waals surface area contributed by atoms with Crippen molar-refractivity contribution in [2.75, 3.05) is 0 Å². The third-order valence-corrected chi connectivity index (χ3v) is 6.72. The van der Waals surface area contributed by atoms with E-state index >= 15 is 0 Å². The molecule has 6 rings (SSSR count). The van der Waals surface area contributed by atoms with Gasteiger partial charge in [0.05, 0.1) is 22.8 Å². The summed E-state index contributed by atoms with van der Waals surface area (Å²) in [5.41, 5.74) is 5.55. The molecule has 2 N–H and O–H groups in total. The first-order chi connectivity index (χ1) is 19.7. The molecule has 0 fully saturated rings. The van der Waals surface area contributed by atoms with E-state index < -0.39 is 0 Å². The van der Waals surface area contributed by atoms with Crippen molar-refractivity contribution in [2.45, 2.75) is 0 Å². The number of benzene rings is 6. The molecule has 41 heavy (non-hydrogen) atoms. The molecule has 0 heterocycles. The van der Waals surface area contributed by atoms with Crippen LogP contribution in [0.1, 0.15) is 22.3 Å². The number of phenolic OH excluding ortho intramolecular Hbond substituents is 2. The fourth-order valence-corrected chi connectivity index (χ4v) is 4.74. The maximum absolute atomic E-state index is 10.8. The molecule has 0 aliphatic rings. The molecule has 0 unspecified atom stereocenters. The van der Waals surface area contributed by atoms with Crippen LogP contribution in [0, 0.1) is 0 Å². The fourth-order valence-electron chi connectivity index (χ4n) is 4.74. The zero-order valence-corrected chi connectivity index (χ0v) is 25.3. The van der Waals surface area contributed by atoms with Gasteiger partial charge in [-0.1, -0.05) is 109 Å². The summed E-state index contributed by atoms with van der Waals surface area (Å²) in [6.07, 6.45) is 0. The van der Waals surface area contributed by atoms with Gasteiger partial charge in [-0.15, -0.1) is 0 Å². The van der Waals surface area contributed by atoms with E-state index in [-0.39, 0.29) is 31.0 Å². The van der Waals surface area contributed by atoms with Gasteiger partial charge < -0.3 is 10.2 Å². The first-order valence-electron chi connectivity index (χ1n) is 13.0. The minimum atomic E-state index is 0. The second kappa shape index (κ2) is 12.5. The number of nitrogens with zero attached hydrogens (tertiary/aromatic N) is 2. The third kappa shape index (κ3) is 6.01. The summed E-state index contributed by atoms with van der Waals surface area (Å²) in [6, 6.07) is 46.2. The van der Waals surface area contributed by atoms with Crippen molar-refractivity contribution in [3.8, 4) is 11.5 Å². The summed E-state index contributed by atoms with van der Waals surface area (Å²) in [5, 5.41) is 23.6. The minimum Gasteiger partial charge on any atom is -0.507 e. The van der Waals surface area contributed by atoms with E-state index in [0.29, 0.717) is 33.9 Å². The Bertz CT molecular complexity index is 1730. The second-order valence-corrected chi connectivity index (χ2v) is 9.38. The number of aromatic hydroxyl groups is 2. The number of rotatable bonds is 6. The molecule has 0 radical (unpaired) electrons. The van der Waals surface area contributed by atoms with Gasteiger partial charge in [-0.25, -0.2) is 9.98 Å². The van der Waals surface area contributed by atoms with Crippen molar-refractivity contribution in [3.05, 3.63) is 168 Å². The van der Waals surface area contributed by atoms with Gasteiger partial charge in [0.2, 0.25) is 0 Å². The maximum atomic E-state index is 10.8. The fraction of sp³-hybridized carbons (Fsp3) is 0. The van der Waals surface area contributed by atoms with E-state index in [2.05, 4.69) is 0 Å². The molecule has 6 aromatic rings. The Kier molecular flexibility index (Phi) is 8.48. The van der Waals surface area contributed by atoms with Crippen LogP contribution in [0.15, 0.2) is 156 Å². The van der Waals surface area contributed by atoms with E-state index in [9.17, 15) is 10.2 Å². The number of hydrogen-bond donors (Lipinski definition) is 2. The molecule has 0 amide bonds. The molecule has 194 valence electrons.